The molecule has 9 nitrogen and oxygen atoms in total. The molecule has 1 aromatic carbocycles. The van der Waals surface area contributed by atoms with Gasteiger partial charge in [0.15, 0.2) is 11.0 Å². The topological polar surface area (TPSA) is 111 Å². The summed E-state index contributed by atoms with van der Waals surface area (Å²) in [7, 11) is 1.60. The van der Waals surface area contributed by atoms with Crippen molar-refractivity contribution >= 4 is 23.6 Å². The molecule has 10 heteroatoms. The predicted molar refractivity (Wildman–Crippen MR) is 104 cm³/mol. The Morgan fingerprint density at radius 2 is 1.93 bits per heavy atom. The number of hydrogen-bond acceptors (Lipinski definition) is 7. The molecule has 0 spiro atoms. The highest BCUT2D eigenvalue weighted by Gasteiger charge is 2.17. The van der Waals surface area contributed by atoms with Crippen LogP contribution >= 0.6 is 11.8 Å². The van der Waals surface area contributed by atoms with Crippen LogP contribution in [0.3, 0.4) is 0 Å². The molecule has 0 aliphatic carbocycles. The molecule has 0 bridgehead atoms. The molecular formula is C18H18N6O3S. The molecule has 2 N–H and O–H groups in total. The lowest BCUT2D eigenvalue weighted by Gasteiger charge is -2.11. The zero-order valence-electron chi connectivity index (χ0n) is 15.2. The molecule has 0 saturated carbocycles. The smallest absolute Gasteiger partial charge is 0.248 e. The van der Waals surface area contributed by atoms with Gasteiger partial charge < -0.3 is 4.74 Å². The van der Waals surface area contributed by atoms with E-state index in [1.165, 1.54) is 18.7 Å². The van der Waals surface area contributed by atoms with Crippen LogP contribution in [0.15, 0.2) is 53.9 Å². The maximum Gasteiger partial charge on any atom is 0.248 e. The summed E-state index contributed by atoms with van der Waals surface area (Å²) in [6.45, 7) is 1.31. The van der Waals surface area contributed by atoms with E-state index in [0.29, 0.717) is 11.0 Å². The number of methoxy groups -OCH3 is 1. The summed E-state index contributed by atoms with van der Waals surface area (Å²) in [5.41, 5.74) is 6.18. The van der Waals surface area contributed by atoms with E-state index in [9.17, 15) is 9.59 Å². The van der Waals surface area contributed by atoms with Crippen molar-refractivity contribution in [3.63, 3.8) is 0 Å². The first-order valence-electron chi connectivity index (χ1n) is 8.27. The Balaban J connectivity index is 1.90. The monoisotopic (exact) mass is 398 g/mol. The normalized spacial score (nSPS) is 10.4. The number of pyridine rings is 1. The Morgan fingerprint density at radius 3 is 2.57 bits per heavy atom. The molecule has 2 heterocycles. The number of benzene rings is 1. The zero-order valence-corrected chi connectivity index (χ0v) is 16.1. The third-order valence-corrected chi connectivity index (χ3v) is 4.52. The molecule has 144 valence electrons. The Hall–Kier alpha value is -3.40. The molecule has 0 radical (unpaired) electrons. The molecule has 0 aliphatic heterocycles. The van der Waals surface area contributed by atoms with E-state index in [0.717, 1.165) is 17.0 Å². The van der Waals surface area contributed by atoms with Crippen LogP contribution in [0.4, 0.5) is 0 Å². The van der Waals surface area contributed by atoms with Crippen molar-refractivity contribution in [1.82, 2.24) is 30.6 Å². The number of nitrogens with one attached hydrogen (secondary N) is 2. The van der Waals surface area contributed by atoms with E-state index < -0.39 is 0 Å². The van der Waals surface area contributed by atoms with Gasteiger partial charge in [0.1, 0.15) is 5.75 Å². The summed E-state index contributed by atoms with van der Waals surface area (Å²) in [6.07, 6.45) is 3.38. The number of carbonyl (C=O) groups is 2. The number of hydrazine groups is 1. The van der Waals surface area contributed by atoms with Gasteiger partial charge in [0.2, 0.25) is 11.8 Å². The third kappa shape index (κ3) is 4.65. The van der Waals surface area contributed by atoms with Crippen molar-refractivity contribution in [3.8, 4) is 22.8 Å². The SMILES string of the molecule is COc1ccc(-n2c(SCC(=O)NNC(C)=O)nnc2-c2cccnc2)cc1. The second-order valence-electron chi connectivity index (χ2n) is 5.60. The van der Waals surface area contributed by atoms with Gasteiger partial charge in [0, 0.05) is 30.6 Å². The zero-order chi connectivity index (χ0) is 19.9. The lowest BCUT2D eigenvalue weighted by atomic mass is 10.2. The molecule has 0 atom stereocenters. The van der Waals surface area contributed by atoms with E-state index in [4.69, 9.17) is 4.74 Å². The number of aromatic nitrogens is 4. The fourth-order valence-electron chi connectivity index (χ4n) is 2.33. The van der Waals surface area contributed by atoms with Gasteiger partial charge in [-0.3, -0.25) is 30.0 Å². The largest absolute Gasteiger partial charge is 0.497 e. The van der Waals surface area contributed by atoms with Gasteiger partial charge in [-0.15, -0.1) is 10.2 Å². The quantitative estimate of drug-likeness (QED) is 0.479. The van der Waals surface area contributed by atoms with Crippen LogP contribution < -0.4 is 15.6 Å². The summed E-state index contributed by atoms with van der Waals surface area (Å²) in [5.74, 6) is 0.680. The summed E-state index contributed by atoms with van der Waals surface area (Å²) in [6, 6.07) is 11.1. The molecule has 0 saturated heterocycles. The second kappa shape index (κ2) is 9.00. The van der Waals surface area contributed by atoms with E-state index >= 15 is 0 Å². The third-order valence-electron chi connectivity index (χ3n) is 3.59. The summed E-state index contributed by atoms with van der Waals surface area (Å²) < 4.78 is 7.05. The molecule has 0 aliphatic rings. The first kappa shape index (κ1) is 19.4. The van der Waals surface area contributed by atoms with E-state index in [-0.39, 0.29) is 17.6 Å². The minimum absolute atomic E-state index is 0.0572. The summed E-state index contributed by atoms with van der Waals surface area (Å²) in [4.78, 5) is 26.9. The molecule has 2 amide bonds. The van der Waals surface area contributed by atoms with Crippen molar-refractivity contribution in [2.75, 3.05) is 12.9 Å². The number of carbonyl (C=O) groups excluding carboxylic acids is 2. The highest BCUT2D eigenvalue weighted by molar-refractivity contribution is 7.99. The molecule has 28 heavy (non-hydrogen) atoms. The van der Waals surface area contributed by atoms with Crippen LogP contribution in [0, 0.1) is 0 Å². The van der Waals surface area contributed by atoms with Crippen LogP contribution in [0.2, 0.25) is 0 Å². The molecule has 3 rings (SSSR count). The van der Waals surface area contributed by atoms with Gasteiger partial charge in [-0.05, 0) is 36.4 Å². The average molecular weight is 398 g/mol. The number of thioether (sulfide) groups is 1. The molecule has 2 aromatic heterocycles. The maximum absolute atomic E-state index is 11.9. The fraction of sp³-hybridized carbons (Fsp3) is 0.167. The van der Waals surface area contributed by atoms with E-state index in [2.05, 4.69) is 26.0 Å². The lowest BCUT2D eigenvalue weighted by molar-refractivity contribution is -0.126. The highest BCUT2D eigenvalue weighted by atomic mass is 32.2. The van der Waals surface area contributed by atoms with E-state index in [1.807, 2.05) is 41.0 Å². The van der Waals surface area contributed by atoms with Crippen molar-refractivity contribution < 1.29 is 14.3 Å². The number of hydrogen-bond donors (Lipinski definition) is 2. The van der Waals surface area contributed by atoms with Gasteiger partial charge in [-0.25, -0.2) is 0 Å². The van der Waals surface area contributed by atoms with Crippen LogP contribution in [0.25, 0.3) is 17.1 Å². The average Bonchev–Trinajstić information content (AvgIpc) is 3.15. The molecule has 0 unspecified atom stereocenters. The van der Waals surface area contributed by atoms with Crippen molar-refractivity contribution in [2.45, 2.75) is 12.1 Å². The van der Waals surface area contributed by atoms with Crippen LogP contribution in [0.5, 0.6) is 5.75 Å². The first-order chi connectivity index (χ1) is 13.6. The Kier molecular flexibility index (Phi) is 6.22. The fourth-order valence-corrected chi connectivity index (χ4v) is 3.09. The number of amides is 2. The lowest BCUT2D eigenvalue weighted by Crippen LogP contribution is -2.41. The second-order valence-corrected chi connectivity index (χ2v) is 6.54. The molecular weight excluding hydrogens is 380 g/mol. The van der Waals surface area contributed by atoms with Gasteiger partial charge in [-0.2, -0.15) is 0 Å². The standard InChI is InChI=1S/C18H18N6O3S/c1-12(25)20-21-16(26)11-28-18-23-22-17(13-4-3-9-19-10-13)24(18)14-5-7-15(27-2)8-6-14/h3-10H,11H2,1-2H3,(H,20,25)(H,21,26). The minimum Gasteiger partial charge on any atom is -0.497 e. The predicted octanol–water partition coefficient (Wildman–Crippen LogP) is 1.60. The van der Waals surface area contributed by atoms with Crippen LogP contribution in [-0.2, 0) is 9.59 Å². The van der Waals surface area contributed by atoms with Crippen LogP contribution in [-0.4, -0.2) is 44.4 Å². The summed E-state index contributed by atoms with van der Waals surface area (Å²) in [5, 5.41) is 9.03. The summed E-state index contributed by atoms with van der Waals surface area (Å²) >= 11 is 1.20. The maximum atomic E-state index is 11.9. The van der Waals surface area contributed by atoms with Gasteiger partial charge in [0.25, 0.3) is 0 Å². The van der Waals surface area contributed by atoms with Gasteiger partial charge in [-0.1, -0.05) is 11.8 Å². The van der Waals surface area contributed by atoms with Crippen molar-refractivity contribution in [2.24, 2.45) is 0 Å². The highest BCUT2D eigenvalue weighted by Crippen LogP contribution is 2.28. The molecule has 0 fully saturated rings. The van der Waals surface area contributed by atoms with Gasteiger partial charge in [0.05, 0.1) is 12.9 Å². The number of ether oxygens (including phenoxy) is 1. The first-order valence-corrected chi connectivity index (χ1v) is 9.25. The Bertz CT molecular complexity index is 959. The minimum atomic E-state index is -0.354. The number of rotatable bonds is 6. The van der Waals surface area contributed by atoms with Crippen molar-refractivity contribution in [1.29, 1.82) is 0 Å². The van der Waals surface area contributed by atoms with Gasteiger partial charge >= 0.3 is 0 Å². The van der Waals surface area contributed by atoms with Crippen molar-refractivity contribution in [3.05, 3.63) is 48.8 Å². The van der Waals surface area contributed by atoms with E-state index in [1.54, 1.807) is 19.5 Å². The number of nitrogens with zero attached hydrogens (tertiary/aromatic N) is 4. The molecule has 3 aromatic rings. The Morgan fingerprint density at radius 1 is 1.14 bits per heavy atom. The Labute approximate surface area is 165 Å². The van der Waals surface area contributed by atoms with Crippen LogP contribution in [0.1, 0.15) is 6.92 Å².